The number of benzene rings is 1. The summed E-state index contributed by atoms with van der Waals surface area (Å²) in [6.07, 6.45) is 5.87. The van der Waals surface area contributed by atoms with E-state index in [1.165, 1.54) is 0 Å². The summed E-state index contributed by atoms with van der Waals surface area (Å²) in [5.41, 5.74) is 6.17. The van der Waals surface area contributed by atoms with Crippen LogP contribution >= 0.6 is 0 Å². The summed E-state index contributed by atoms with van der Waals surface area (Å²) >= 11 is 0. The molecule has 7 nitrogen and oxygen atoms in total. The van der Waals surface area contributed by atoms with Crippen molar-refractivity contribution in [2.45, 2.75) is 13.0 Å². The van der Waals surface area contributed by atoms with Crippen molar-refractivity contribution in [3.05, 3.63) is 71.4 Å². The van der Waals surface area contributed by atoms with E-state index in [4.69, 9.17) is 4.98 Å². The third-order valence-electron chi connectivity index (χ3n) is 3.87. The highest BCUT2D eigenvalue weighted by molar-refractivity contribution is 5.82. The fourth-order valence-corrected chi connectivity index (χ4v) is 2.69. The Labute approximate surface area is 150 Å². The summed E-state index contributed by atoms with van der Waals surface area (Å²) in [7, 11) is 0. The summed E-state index contributed by atoms with van der Waals surface area (Å²) < 4.78 is 2.07. The zero-order valence-electron chi connectivity index (χ0n) is 14.2. The van der Waals surface area contributed by atoms with E-state index in [0.29, 0.717) is 18.7 Å². The molecule has 0 aliphatic rings. The molecule has 2 N–H and O–H groups in total. The van der Waals surface area contributed by atoms with Crippen molar-refractivity contribution >= 4 is 17.1 Å². The van der Waals surface area contributed by atoms with Crippen LogP contribution in [-0.4, -0.2) is 26.2 Å². The Kier molecular flexibility index (Phi) is 5.50. The van der Waals surface area contributed by atoms with Crippen molar-refractivity contribution in [1.29, 1.82) is 0 Å². The van der Waals surface area contributed by atoms with Gasteiger partial charge < -0.3 is 9.67 Å². The van der Waals surface area contributed by atoms with Gasteiger partial charge in [-0.1, -0.05) is 24.8 Å². The molecule has 2 aromatic heterocycles. The molecule has 0 unspecified atom stereocenters. The molecule has 3 rings (SSSR count). The molecule has 2 heterocycles. The first-order chi connectivity index (χ1) is 12.7. The minimum Gasteiger partial charge on any atom is -0.396 e. The summed E-state index contributed by atoms with van der Waals surface area (Å²) in [4.78, 5) is 19.3. The van der Waals surface area contributed by atoms with Crippen molar-refractivity contribution in [2.75, 3.05) is 6.61 Å². The van der Waals surface area contributed by atoms with Crippen LogP contribution in [0, 0.1) is 4.91 Å². The molecule has 0 amide bonds. The quantitative estimate of drug-likeness (QED) is 0.370. The number of nitroso groups, excluding NO2 is 1. The molecule has 0 saturated heterocycles. The number of aliphatic hydroxyl groups is 1. The van der Waals surface area contributed by atoms with Gasteiger partial charge >= 0.3 is 0 Å². The average Bonchev–Trinajstić information content (AvgIpc) is 3.03. The standard InChI is InChI=1S/C19H19N5O2/c1-14(22-23-26)6-7-15-8-9-18-17(13-15)21-19(24(18)11-4-12-25)16-5-2-3-10-20-16/h2-3,5-10,13,25H,1,4,11-12H2,(H,22,26)/b7-6+. The Morgan fingerprint density at radius 2 is 2.23 bits per heavy atom. The van der Waals surface area contributed by atoms with Gasteiger partial charge in [0.1, 0.15) is 5.69 Å². The molecular formula is C19H19N5O2. The predicted octanol–water partition coefficient (Wildman–Crippen LogP) is 3.28. The van der Waals surface area contributed by atoms with E-state index in [1.54, 1.807) is 12.3 Å². The van der Waals surface area contributed by atoms with Crippen LogP contribution in [0.15, 0.2) is 66.2 Å². The number of aryl methyl sites for hydroxylation is 1. The Morgan fingerprint density at radius 3 is 2.96 bits per heavy atom. The van der Waals surface area contributed by atoms with Gasteiger partial charge in [-0.05, 0) is 42.3 Å². The molecule has 0 spiro atoms. The SMILES string of the molecule is C=C(/C=C/c1ccc2c(c1)nc(-c1ccccn1)n2CCCO)NN=O. The second-order valence-corrected chi connectivity index (χ2v) is 5.69. The fourth-order valence-electron chi connectivity index (χ4n) is 2.69. The second kappa shape index (κ2) is 8.17. The van der Waals surface area contributed by atoms with Gasteiger partial charge in [-0.2, -0.15) is 0 Å². The third kappa shape index (κ3) is 3.84. The van der Waals surface area contributed by atoms with Gasteiger partial charge in [-0.25, -0.2) is 10.4 Å². The molecule has 1 aromatic carbocycles. The van der Waals surface area contributed by atoms with E-state index in [0.717, 1.165) is 28.1 Å². The number of hydrogen-bond donors (Lipinski definition) is 2. The van der Waals surface area contributed by atoms with Crippen LogP contribution in [-0.2, 0) is 6.54 Å². The average molecular weight is 349 g/mol. The first-order valence-corrected chi connectivity index (χ1v) is 8.21. The van der Waals surface area contributed by atoms with Gasteiger partial charge in [0.05, 0.1) is 22.0 Å². The van der Waals surface area contributed by atoms with E-state index >= 15 is 0 Å². The van der Waals surface area contributed by atoms with Crippen LogP contribution < -0.4 is 5.43 Å². The number of hydrogen-bond acceptors (Lipinski definition) is 5. The number of fused-ring (bicyclic) bond motifs is 1. The molecule has 0 atom stereocenters. The van der Waals surface area contributed by atoms with Gasteiger partial charge in [0.25, 0.3) is 0 Å². The zero-order valence-corrected chi connectivity index (χ0v) is 14.2. The number of pyridine rings is 1. The number of nitrogens with zero attached hydrogens (tertiary/aromatic N) is 4. The van der Waals surface area contributed by atoms with Crippen LogP contribution in [0.2, 0.25) is 0 Å². The number of allylic oxidation sites excluding steroid dienone is 1. The molecule has 0 fully saturated rings. The number of imidazole rings is 1. The minimum atomic E-state index is 0.113. The fraction of sp³-hybridized carbons (Fsp3) is 0.158. The third-order valence-corrected chi connectivity index (χ3v) is 3.87. The van der Waals surface area contributed by atoms with Crippen molar-refractivity contribution in [3.8, 4) is 11.5 Å². The van der Waals surface area contributed by atoms with Gasteiger partial charge in [-0.3, -0.25) is 4.98 Å². The van der Waals surface area contributed by atoms with Crippen LogP contribution in [0.1, 0.15) is 12.0 Å². The first kappa shape index (κ1) is 17.5. The first-order valence-electron chi connectivity index (χ1n) is 8.21. The van der Waals surface area contributed by atoms with Crippen LogP contribution in [0.5, 0.6) is 0 Å². The van der Waals surface area contributed by atoms with Crippen molar-refractivity contribution < 1.29 is 5.11 Å². The summed E-state index contributed by atoms with van der Waals surface area (Å²) in [6, 6.07) is 11.6. The molecule has 26 heavy (non-hydrogen) atoms. The largest absolute Gasteiger partial charge is 0.396 e. The zero-order chi connectivity index (χ0) is 18.4. The molecular weight excluding hydrogens is 330 g/mol. The molecule has 3 aromatic rings. The van der Waals surface area contributed by atoms with Gasteiger partial charge in [0.15, 0.2) is 5.82 Å². The molecule has 132 valence electrons. The lowest BCUT2D eigenvalue weighted by molar-refractivity contribution is 0.281. The van der Waals surface area contributed by atoms with E-state index in [1.807, 2.05) is 42.5 Å². The number of aliphatic hydroxyl groups excluding tert-OH is 1. The molecule has 0 bridgehead atoms. The lowest BCUT2D eigenvalue weighted by Gasteiger charge is -2.07. The van der Waals surface area contributed by atoms with Gasteiger partial charge in [0.2, 0.25) is 0 Å². The van der Waals surface area contributed by atoms with Gasteiger partial charge in [-0.15, -0.1) is 4.91 Å². The smallest absolute Gasteiger partial charge is 0.159 e. The molecule has 0 aliphatic heterocycles. The van der Waals surface area contributed by atoms with E-state index < -0.39 is 0 Å². The lowest BCUT2D eigenvalue weighted by Crippen LogP contribution is -2.03. The summed E-state index contributed by atoms with van der Waals surface area (Å²) in [6.45, 7) is 4.44. The molecule has 0 radical (unpaired) electrons. The van der Waals surface area contributed by atoms with Crippen LogP contribution in [0.3, 0.4) is 0 Å². The Hall–Kier alpha value is -3.32. The second-order valence-electron chi connectivity index (χ2n) is 5.69. The maximum Gasteiger partial charge on any atom is 0.159 e. The summed E-state index contributed by atoms with van der Waals surface area (Å²) in [5.74, 6) is 0.770. The molecule has 0 saturated carbocycles. The highest BCUT2D eigenvalue weighted by Gasteiger charge is 2.13. The van der Waals surface area contributed by atoms with Crippen LogP contribution in [0.4, 0.5) is 0 Å². The summed E-state index contributed by atoms with van der Waals surface area (Å²) in [5, 5.41) is 11.8. The maximum atomic E-state index is 10.2. The monoisotopic (exact) mass is 349 g/mol. The Balaban J connectivity index is 2.02. The van der Waals surface area contributed by atoms with Crippen molar-refractivity contribution in [3.63, 3.8) is 0 Å². The normalized spacial score (nSPS) is 11.1. The Bertz CT molecular complexity index is 947. The lowest BCUT2D eigenvalue weighted by atomic mass is 10.2. The minimum absolute atomic E-state index is 0.113. The van der Waals surface area contributed by atoms with Crippen LogP contribution in [0.25, 0.3) is 28.6 Å². The molecule has 7 heteroatoms. The number of rotatable bonds is 8. The van der Waals surface area contributed by atoms with E-state index in [-0.39, 0.29) is 6.61 Å². The highest BCUT2D eigenvalue weighted by atomic mass is 16.3. The highest BCUT2D eigenvalue weighted by Crippen LogP contribution is 2.25. The topological polar surface area (TPSA) is 92.4 Å². The van der Waals surface area contributed by atoms with Crippen molar-refractivity contribution in [2.24, 2.45) is 5.29 Å². The van der Waals surface area contributed by atoms with Gasteiger partial charge in [0, 0.05) is 19.3 Å². The van der Waals surface area contributed by atoms with E-state index in [9.17, 15) is 10.0 Å². The van der Waals surface area contributed by atoms with Crippen molar-refractivity contribution in [1.82, 2.24) is 20.0 Å². The Morgan fingerprint density at radius 1 is 1.35 bits per heavy atom. The maximum absolute atomic E-state index is 10.2. The number of nitrogens with one attached hydrogen (secondary N) is 1. The predicted molar refractivity (Wildman–Crippen MR) is 102 cm³/mol. The van der Waals surface area contributed by atoms with E-state index in [2.05, 4.69) is 26.8 Å². The molecule has 0 aliphatic carbocycles. The number of aromatic nitrogens is 3.